The van der Waals surface area contributed by atoms with E-state index in [0.29, 0.717) is 6.61 Å². The number of ether oxygens (including phenoxy) is 1. The van der Waals surface area contributed by atoms with Gasteiger partial charge in [-0.05, 0) is 7.05 Å². The summed E-state index contributed by atoms with van der Waals surface area (Å²) < 4.78 is 10.4. The number of nitrogens with one attached hydrogen (secondary N) is 1. The summed E-state index contributed by atoms with van der Waals surface area (Å²) in [7, 11) is 3.59. The Bertz CT molecular complexity index is 213. The molecule has 13 heavy (non-hydrogen) atoms. The molecule has 1 rings (SSSR count). The van der Waals surface area contributed by atoms with Gasteiger partial charge in [-0.3, -0.25) is 0 Å². The number of rotatable bonds is 6. The normalized spacial score (nSPS) is 10.6. The predicted octanol–water partition coefficient (Wildman–Crippen LogP) is 0.625. The summed E-state index contributed by atoms with van der Waals surface area (Å²) in [6, 6.07) is 0. The van der Waals surface area contributed by atoms with Gasteiger partial charge in [0.25, 0.3) is 0 Å². The Hall–Kier alpha value is -0.870. The van der Waals surface area contributed by atoms with E-state index in [2.05, 4.69) is 10.3 Å². The third kappa shape index (κ3) is 3.57. The first-order chi connectivity index (χ1) is 6.36. The molecule has 1 N–H and O–H groups in total. The van der Waals surface area contributed by atoms with E-state index in [1.165, 1.54) is 0 Å². The van der Waals surface area contributed by atoms with Gasteiger partial charge >= 0.3 is 0 Å². The molecule has 0 radical (unpaired) electrons. The Morgan fingerprint density at radius 2 is 2.38 bits per heavy atom. The van der Waals surface area contributed by atoms with Crippen LogP contribution >= 0.6 is 0 Å². The van der Waals surface area contributed by atoms with Gasteiger partial charge in [0.1, 0.15) is 5.76 Å². The first kappa shape index (κ1) is 10.2. The van der Waals surface area contributed by atoms with Crippen LogP contribution < -0.4 is 5.32 Å². The lowest BCUT2D eigenvalue weighted by Crippen LogP contribution is -2.10. The quantitative estimate of drug-likeness (QED) is 0.704. The molecule has 0 amide bonds. The fourth-order valence-corrected chi connectivity index (χ4v) is 1.01. The minimum Gasteiger partial charge on any atom is -0.446 e. The van der Waals surface area contributed by atoms with Gasteiger partial charge in [0, 0.05) is 26.5 Å². The Balaban J connectivity index is 2.34. The van der Waals surface area contributed by atoms with Crippen molar-refractivity contribution < 1.29 is 9.15 Å². The highest BCUT2D eigenvalue weighted by molar-refractivity contribution is 4.94. The van der Waals surface area contributed by atoms with E-state index >= 15 is 0 Å². The number of aromatic nitrogens is 1. The maximum atomic E-state index is 5.46. The lowest BCUT2D eigenvalue weighted by Gasteiger charge is -1.95. The Morgan fingerprint density at radius 3 is 3.08 bits per heavy atom. The van der Waals surface area contributed by atoms with Gasteiger partial charge < -0.3 is 14.5 Å². The van der Waals surface area contributed by atoms with Crippen LogP contribution in [-0.4, -0.2) is 32.3 Å². The summed E-state index contributed by atoms with van der Waals surface area (Å²) in [5, 5.41) is 3.04. The molecule has 1 heterocycles. The largest absolute Gasteiger partial charge is 0.446 e. The predicted molar refractivity (Wildman–Crippen MR) is 49.7 cm³/mol. The number of hydrogen-bond acceptors (Lipinski definition) is 4. The Labute approximate surface area is 78.3 Å². The van der Waals surface area contributed by atoms with Crippen LogP contribution in [0.5, 0.6) is 0 Å². The summed E-state index contributed by atoms with van der Waals surface area (Å²) in [5.74, 6) is 1.69. The Morgan fingerprint density at radius 1 is 1.54 bits per heavy atom. The third-order valence-corrected chi connectivity index (χ3v) is 1.74. The molecule has 0 aliphatic heterocycles. The molecule has 0 unspecified atom stereocenters. The van der Waals surface area contributed by atoms with Gasteiger partial charge in [-0.2, -0.15) is 0 Å². The summed E-state index contributed by atoms with van der Waals surface area (Å²) in [4.78, 5) is 4.14. The van der Waals surface area contributed by atoms with E-state index < -0.39 is 0 Å². The van der Waals surface area contributed by atoms with Crippen molar-refractivity contribution >= 4 is 0 Å². The van der Waals surface area contributed by atoms with Crippen molar-refractivity contribution in [3.8, 4) is 0 Å². The number of nitrogens with zero attached hydrogens (tertiary/aromatic N) is 1. The topological polar surface area (TPSA) is 47.3 Å². The molecule has 1 aromatic rings. The smallest absolute Gasteiger partial charge is 0.195 e. The molecule has 4 nitrogen and oxygen atoms in total. The fraction of sp³-hybridized carbons (Fsp3) is 0.667. The second kappa shape index (κ2) is 5.72. The van der Waals surface area contributed by atoms with Crippen LogP contribution in [0.4, 0.5) is 0 Å². The van der Waals surface area contributed by atoms with Gasteiger partial charge in [-0.1, -0.05) is 0 Å². The van der Waals surface area contributed by atoms with Crippen LogP contribution in [0, 0.1) is 0 Å². The van der Waals surface area contributed by atoms with E-state index in [-0.39, 0.29) is 0 Å². The molecule has 1 aromatic heterocycles. The van der Waals surface area contributed by atoms with Crippen LogP contribution in [0.2, 0.25) is 0 Å². The lowest BCUT2D eigenvalue weighted by atomic mass is 10.4. The lowest BCUT2D eigenvalue weighted by molar-refractivity contribution is 0.196. The van der Waals surface area contributed by atoms with Gasteiger partial charge in [0.05, 0.1) is 12.8 Å². The van der Waals surface area contributed by atoms with Gasteiger partial charge in [-0.25, -0.2) is 4.98 Å². The van der Waals surface area contributed by atoms with Gasteiger partial charge in [-0.15, -0.1) is 0 Å². The average Bonchev–Trinajstić information content (AvgIpc) is 2.59. The zero-order valence-corrected chi connectivity index (χ0v) is 8.17. The number of oxazole rings is 1. The highest BCUT2D eigenvalue weighted by Gasteiger charge is 2.02. The first-order valence-corrected chi connectivity index (χ1v) is 4.44. The highest BCUT2D eigenvalue weighted by Crippen LogP contribution is 2.04. The fourth-order valence-electron chi connectivity index (χ4n) is 1.01. The maximum absolute atomic E-state index is 5.46. The third-order valence-electron chi connectivity index (χ3n) is 1.74. The van der Waals surface area contributed by atoms with E-state index in [1.807, 2.05) is 7.05 Å². The van der Waals surface area contributed by atoms with Gasteiger partial charge in [0.15, 0.2) is 5.89 Å². The minimum absolute atomic E-state index is 0.681. The van der Waals surface area contributed by atoms with Crippen molar-refractivity contribution in [1.82, 2.24) is 10.3 Å². The molecule has 0 spiro atoms. The van der Waals surface area contributed by atoms with Crippen molar-refractivity contribution in [2.75, 3.05) is 27.3 Å². The molecule has 0 aliphatic carbocycles. The van der Waals surface area contributed by atoms with Crippen LogP contribution in [-0.2, 0) is 17.6 Å². The number of likely N-dealkylation sites (N-methyl/N-ethyl adjacent to an activating group) is 1. The van der Waals surface area contributed by atoms with Crippen LogP contribution in [0.3, 0.4) is 0 Å². The van der Waals surface area contributed by atoms with Crippen molar-refractivity contribution in [3.05, 3.63) is 17.8 Å². The van der Waals surface area contributed by atoms with E-state index in [9.17, 15) is 0 Å². The van der Waals surface area contributed by atoms with Crippen LogP contribution in [0.15, 0.2) is 10.6 Å². The van der Waals surface area contributed by atoms with Crippen molar-refractivity contribution in [2.24, 2.45) is 0 Å². The molecule has 0 aliphatic rings. The summed E-state index contributed by atoms with van der Waals surface area (Å²) in [6.07, 6.45) is 3.40. The number of hydrogen-bond donors (Lipinski definition) is 1. The van der Waals surface area contributed by atoms with Crippen molar-refractivity contribution in [1.29, 1.82) is 0 Å². The Kier molecular flexibility index (Phi) is 4.49. The van der Waals surface area contributed by atoms with Crippen LogP contribution in [0.25, 0.3) is 0 Å². The highest BCUT2D eigenvalue weighted by atomic mass is 16.5. The molecule has 0 saturated heterocycles. The monoisotopic (exact) mass is 184 g/mol. The van der Waals surface area contributed by atoms with E-state index in [1.54, 1.807) is 13.3 Å². The number of methoxy groups -OCH3 is 1. The minimum atomic E-state index is 0.681. The van der Waals surface area contributed by atoms with E-state index in [0.717, 1.165) is 31.0 Å². The standard InChI is InChI=1S/C9H16N2O2/c1-10-5-3-9-11-7-8(13-9)4-6-12-2/h7,10H,3-6H2,1-2H3. The molecule has 0 atom stereocenters. The summed E-state index contributed by atoms with van der Waals surface area (Å²) >= 11 is 0. The van der Waals surface area contributed by atoms with E-state index in [4.69, 9.17) is 9.15 Å². The van der Waals surface area contributed by atoms with Crippen molar-refractivity contribution in [3.63, 3.8) is 0 Å². The van der Waals surface area contributed by atoms with Crippen molar-refractivity contribution in [2.45, 2.75) is 12.8 Å². The maximum Gasteiger partial charge on any atom is 0.195 e. The second-order valence-electron chi connectivity index (χ2n) is 2.82. The zero-order valence-electron chi connectivity index (χ0n) is 8.17. The molecular formula is C9H16N2O2. The first-order valence-electron chi connectivity index (χ1n) is 4.44. The molecule has 0 aromatic carbocycles. The SMILES string of the molecule is CNCCc1ncc(CCOC)o1. The van der Waals surface area contributed by atoms with Gasteiger partial charge in [0.2, 0.25) is 0 Å². The molecular weight excluding hydrogens is 168 g/mol. The molecule has 0 saturated carbocycles. The zero-order chi connectivity index (χ0) is 9.52. The summed E-state index contributed by atoms with van der Waals surface area (Å²) in [6.45, 7) is 1.57. The summed E-state index contributed by atoms with van der Waals surface area (Å²) in [5.41, 5.74) is 0. The molecule has 0 fully saturated rings. The van der Waals surface area contributed by atoms with Crippen LogP contribution in [0.1, 0.15) is 11.7 Å². The molecule has 4 heteroatoms. The average molecular weight is 184 g/mol. The second-order valence-corrected chi connectivity index (χ2v) is 2.82. The molecule has 0 bridgehead atoms. The molecule has 74 valence electrons.